The summed E-state index contributed by atoms with van der Waals surface area (Å²) in [6, 6.07) is 7.56. The first kappa shape index (κ1) is 23.1. The largest absolute Gasteiger partial charge is 0.493 e. The molecule has 1 amide bonds. The molecule has 0 atom stereocenters. The molecular formula is C22H27N3O4S2. The lowest BCUT2D eigenvalue weighted by Gasteiger charge is -2.12. The van der Waals surface area contributed by atoms with Gasteiger partial charge in [0, 0.05) is 13.1 Å². The summed E-state index contributed by atoms with van der Waals surface area (Å²) in [4.78, 5) is 29.8. The van der Waals surface area contributed by atoms with Gasteiger partial charge in [0.2, 0.25) is 5.91 Å². The summed E-state index contributed by atoms with van der Waals surface area (Å²) >= 11 is 2.71. The van der Waals surface area contributed by atoms with Crippen LogP contribution in [0, 0.1) is 0 Å². The lowest BCUT2D eigenvalue weighted by Crippen LogP contribution is -2.28. The number of ether oxygens (including phenoxy) is 2. The van der Waals surface area contributed by atoms with E-state index in [1.54, 1.807) is 18.8 Å². The highest BCUT2D eigenvalue weighted by atomic mass is 32.2. The molecule has 0 saturated carbocycles. The second-order valence-corrected chi connectivity index (χ2v) is 8.78. The molecule has 0 saturated heterocycles. The van der Waals surface area contributed by atoms with Gasteiger partial charge in [-0.05, 0) is 42.0 Å². The Balaban J connectivity index is 1.58. The summed E-state index contributed by atoms with van der Waals surface area (Å²) in [6.45, 7) is 3.20. The summed E-state index contributed by atoms with van der Waals surface area (Å²) < 4.78 is 12.9. The summed E-state index contributed by atoms with van der Waals surface area (Å²) in [6.07, 6.45) is 2.55. The average Bonchev–Trinajstić information content (AvgIpc) is 3.26. The van der Waals surface area contributed by atoms with Gasteiger partial charge in [0.15, 0.2) is 16.7 Å². The van der Waals surface area contributed by atoms with Crippen LogP contribution in [0.3, 0.4) is 0 Å². The number of rotatable bonds is 11. The zero-order valence-electron chi connectivity index (χ0n) is 18.0. The van der Waals surface area contributed by atoms with Gasteiger partial charge in [-0.1, -0.05) is 31.2 Å². The molecule has 3 aromatic rings. The molecule has 2 aromatic heterocycles. The zero-order chi connectivity index (χ0) is 22.2. The smallest absolute Gasteiger partial charge is 0.272 e. The van der Waals surface area contributed by atoms with E-state index in [1.807, 2.05) is 29.6 Å². The molecule has 31 heavy (non-hydrogen) atoms. The van der Waals surface area contributed by atoms with Crippen molar-refractivity contribution in [1.29, 1.82) is 0 Å². The normalized spacial score (nSPS) is 10.9. The number of unbranched alkanes of at least 4 members (excludes halogenated alkanes) is 1. The number of thioether (sulfide) groups is 1. The third-order valence-corrected chi connectivity index (χ3v) is 6.65. The molecule has 0 fully saturated rings. The average molecular weight is 462 g/mol. The van der Waals surface area contributed by atoms with E-state index in [1.165, 1.54) is 23.1 Å². The van der Waals surface area contributed by atoms with Gasteiger partial charge < -0.3 is 14.8 Å². The number of carbonyl (C=O) groups is 1. The second-order valence-electron chi connectivity index (χ2n) is 6.92. The number of carbonyl (C=O) groups excluding carboxylic acids is 1. The third kappa shape index (κ3) is 5.80. The number of fused-ring (bicyclic) bond motifs is 1. The zero-order valence-corrected chi connectivity index (χ0v) is 19.6. The van der Waals surface area contributed by atoms with Crippen LogP contribution in [0.5, 0.6) is 11.5 Å². The molecule has 0 aliphatic rings. The van der Waals surface area contributed by atoms with Gasteiger partial charge in [-0.25, -0.2) is 4.98 Å². The predicted molar refractivity (Wildman–Crippen MR) is 126 cm³/mol. The lowest BCUT2D eigenvalue weighted by molar-refractivity contribution is -0.118. The van der Waals surface area contributed by atoms with Crippen LogP contribution in [-0.2, 0) is 17.8 Å². The minimum Gasteiger partial charge on any atom is -0.493 e. The molecule has 0 spiro atoms. The number of nitrogens with zero attached hydrogens (tertiary/aromatic N) is 2. The molecule has 0 unspecified atom stereocenters. The first-order valence-electron chi connectivity index (χ1n) is 10.2. The van der Waals surface area contributed by atoms with Crippen molar-refractivity contribution < 1.29 is 14.3 Å². The molecule has 1 N–H and O–H groups in total. The minimum atomic E-state index is -0.0906. The van der Waals surface area contributed by atoms with Crippen LogP contribution < -0.4 is 20.3 Å². The molecule has 1 aromatic carbocycles. The standard InChI is InChI=1S/C22H27N3O4S2/c1-4-5-11-25-21(27)20-16(9-12-30-20)24-22(25)31-14-19(26)23-10-8-15-6-7-17(28-2)18(13-15)29-3/h6-7,9,12-13H,4-5,8,10-11,14H2,1-3H3,(H,23,26). The van der Waals surface area contributed by atoms with Crippen molar-refractivity contribution in [2.75, 3.05) is 26.5 Å². The van der Waals surface area contributed by atoms with Gasteiger partial charge in [0.25, 0.3) is 5.56 Å². The Bertz CT molecular complexity index is 1090. The van der Waals surface area contributed by atoms with Crippen molar-refractivity contribution in [3.05, 3.63) is 45.6 Å². The molecule has 0 aliphatic carbocycles. The highest BCUT2D eigenvalue weighted by molar-refractivity contribution is 7.99. The SMILES string of the molecule is CCCCn1c(SCC(=O)NCCc2ccc(OC)c(OC)c2)nc2ccsc2c1=O. The number of nitrogens with one attached hydrogen (secondary N) is 1. The third-order valence-electron chi connectivity index (χ3n) is 4.78. The Kier molecular flexibility index (Phi) is 8.36. The first-order valence-corrected chi connectivity index (χ1v) is 12.0. The Morgan fingerprint density at radius 1 is 1.23 bits per heavy atom. The van der Waals surface area contributed by atoms with Crippen LogP contribution in [0.25, 0.3) is 10.2 Å². The Morgan fingerprint density at radius 3 is 2.77 bits per heavy atom. The van der Waals surface area contributed by atoms with Gasteiger partial charge in [-0.2, -0.15) is 0 Å². The van der Waals surface area contributed by atoms with E-state index in [4.69, 9.17) is 9.47 Å². The molecule has 9 heteroatoms. The molecule has 0 bridgehead atoms. The van der Waals surface area contributed by atoms with Crippen LogP contribution >= 0.6 is 23.1 Å². The molecular weight excluding hydrogens is 434 g/mol. The summed E-state index contributed by atoms with van der Waals surface area (Å²) in [5, 5.41) is 5.40. The van der Waals surface area contributed by atoms with Gasteiger partial charge >= 0.3 is 0 Å². The van der Waals surface area contributed by atoms with Gasteiger partial charge in [-0.15, -0.1) is 11.3 Å². The highest BCUT2D eigenvalue weighted by Crippen LogP contribution is 2.27. The summed E-state index contributed by atoms with van der Waals surface area (Å²) in [5.74, 6) is 1.46. The van der Waals surface area contributed by atoms with Crippen molar-refractivity contribution >= 4 is 39.2 Å². The fourth-order valence-corrected chi connectivity index (χ4v) is 4.74. The molecule has 0 radical (unpaired) electrons. The lowest BCUT2D eigenvalue weighted by atomic mass is 10.1. The summed E-state index contributed by atoms with van der Waals surface area (Å²) in [7, 11) is 3.20. The maximum atomic E-state index is 12.8. The second kappa shape index (κ2) is 11.2. The van der Waals surface area contributed by atoms with Crippen LogP contribution in [0.1, 0.15) is 25.3 Å². The van der Waals surface area contributed by atoms with E-state index in [-0.39, 0.29) is 17.2 Å². The topological polar surface area (TPSA) is 82.5 Å². The van der Waals surface area contributed by atoms with E-state index in [2.05, 4.69) is 17.2 Å². The number of methoxy groups -OCH3 is 2. The van der Waals surface area contributed by atoms with Crippen LogP contribution in [-0.4, -0.2) is 42.0 Å². The van der Waals surface area contributed by atoms with Crippen molar-refractivity contribution in [3.63, 3.8) is 0 Å². The summed E-state index contributed by atoms with van der Waals surface area (Å²) in [5.41, 5.74) is 1.72. The van der Waals surface area contributed by atoms with E-state index < -0.39 is 0 Å². The maximum Gasteiger partial charge on any atom is 0.272 e. The number of amides is 1. The number of hydrogen-bond donors (Lipinski definition) is 1. The van der Waals surface area contributed by atoms with E-state index in [0.717, 1.165) is 18.4 Å². The molecule has 2 heterocycles. The van der Waals surface area contributed by atoms with Crippen LogP contribution in [0.2, 0.25) is 0 Å². The van der Waals surface area contributed by atoms with Crippen molar-refractivity contribution in [3.8, 4) is 11.5 Å². The van der Waals surface area contributed by atoms with Crippen molar-refractivity contribution in [1.82, 2.24) is 14.9 Å². The van der Waals surface area contributed by atoms with Gasteiger partial charge in [-0.3, -0.25) is 14.2 Å². The van der Waals surface area contributed by atoms with Gasteiger partial charge in [0.05, 0.1) is 25.5 Å². The van der Waals surface area contributed by atoms with E-state index >= 15 is 0 Å². The number of benzene rings is 1. The number of aromatic nitrogens is 2. The predicted octanol–water partition coefficient (Wildman–Crippen LogP) is 3.73. The monoisotopic (exact) mass is 461 g/mol. The molecule has 7 nitrogen and oxygen atoms in total. The molecule has 0 aliphatic heterocycles. The van der Waals surface area contributed by atoms with Crippen LogP contribution in [0.15, 0.2) is 39.6 Å². The van der Waals surface area contributed by atoms with Crippen molar-refractivity contribution in [2.24, 2.45) is 0 Å². The molecule has 166 valence electrons. The van der Waals surface area contributed by atoms with Crippen LogP contribution in [0.4, 0.5) is 0 Å². The Labute approximate surface area is 189 Å². The fraction of sp³-hybridized carbons (Fsp3) is 0.409. The Morgan fingerprint density at radius 2 is 2.03 bits per heavy atom. The van der Waals surface area contributed by atoms with E-state index in [0.29, 0.717) is 46.4 Å². The molecule has 3 rings (SSSR count). The maximum absolute atomic E-state index is 12.8. The number of hydrogen-bond acceptors (Lipinski definition) is 7. The first-order chi connectivity index (χ1) is 15.1. The Hall–Kier alpha value is -2.52. The highest BCUT2D eigenvalue weighted by Gasteiger charge is 2.14. The minimum absolute atomic E-state index is 0.0233. The fourth-order valence-electron chi connectivity index (χ4n) is 3.11. The van der Waals surface area contributed by atoms with Crippen molar-refractivity contribution in [2.45, 2.75) is 37.9 Å². The quantitative estimate of drug-likeness (QED) is 0.346. The van der Waals surface area contributed by atoms with E-state index in [9.17, 15) is 9.59 Å². The number of thiophene rings is 1. The van der Waals surface area contributed by atoms with Gasteiger partial charge in [0.1, 0.15) is 4.70 Å².